The third kappa shape index (κ3) is 3.72. The maximum atomic E-state index is 12.1. The molecule has 1 amide bonds. The average Bonchev–Trinajstić information content (AvgIpc) is 3.02. The van der Waals surface area contributed by atoms with Crippen molar-refractivity contribution >= 4 is 34.8 Å². The van der Waals surface area contributed by atoms with Gasteiger partial charge >= 0.3 is 0 Å². The molecule has 0 radical (unpaired) electrons. The topological polar surface area (TPSA) is 135 Å². The van der Waals surface area contributed by atoms with Gasteiger partial charge in [0.15, 0.2) is 5.16 Å². The van der Waals surface area contributed by atoms with Crippen molar-refractivity contribution in [2.75, 3.05) is 11.1 Å². The molecule has 2 heterocycles. The quantitative estimate of drug-likeness (QED) is 0.380. The van der Waals surface area contributed by atoms with Gasteiger partial charge in [-0.25, -0.2) is 0 Å². The number of aromatic nitrogens is 4. The zero-order valence-corrected chi connectivity index (χ0v) is 14.4. The molecule has 134 valence electrons. The lowest BCUT2D eigenvalue weighted by atomic mass is 10.3. The number of carbonyl (C=O) groups excluding carboxylic acids is 1. The fraction of sp³-hybridized carbons (Fsp3) is 0.200. The van der Waals surface area contributed by atoms with Crippen LogP contribution in [0.4, 0.5) is 11.4 Å². The maximum absolute atomic E-state index is 12.1. The van der Waals surface area contributed by atoms with E-state index in [2.05, 4.69) is 20.5 Å². The van der Waals surface area contributed by atoms with Crippen LogP contribution in [-0.2, 0) is 11.2 Å². The Kier molecular flexibility index (Phi) is 4.98. The van der Waals surface area contributed by atoms with E-state index >= 15 is 0 Å². The van der Waals surface area contributed by atoms with E-state index in [0.717, 1.165) is 5.69 Å². The third-order valence-electron chi connectivity index (χ3n) is 3.51. The number of amides is 1. The third-order valence-corrected chi connectivity index (χ3v) is 4.44. The van der Waals surface area contributed by atoms with Gasteiger partial charge in [-0.1, -0.05) is 18.7 Å². The summed E-state index contributed by atoms with van der Waals surface area (Å²) >= 11 is 1.17. The van der Waals surface area contributed by atoms with Gasteiger partial charge in [0.25, 0.3) is 11.2 Å². The van der Waals surface area contributed by atoms with Crippen LogP contribution in [-0.4, -0.2) is 36.2 Å². The minimum atomic E-state index is -0.506. The minimum absolute atomic E-state index is 0.0478. The zero-order chi connectivity index (χ0) is 18.7. The molecule has 2 N–H and O–H groups in total. The van der Waals surface area contributed by atoms with Crippen LogP contribution in [0.15, 0.2) is 40.3 Å². The molecular weight excluding hydrogens is 360 g/mol. The number of nitrogens with one attached hydrogen (secondary N) is 2. The Hall–Kier alpha value is -3.21. The molecule has 1 aromatic carbocycles. The lowest BCUT2D eigenvalue weighted by Gasteiger charge is -2.06. The van der Waals surface area contributed by atoms with E-state index < -0.39 is 4.92 Å². The number of aryl methyl sites for hydroxylation is 1. The number of thioether (sulfide) groups is 1. The number of H-pyrrole nitrogens is 1. The van der Waals surface area contributed by atoms with Crippen LogP contribution in [0.3, 0.4) is 0 Å². The predicted octanol–water partition coefficient (Wildman–Crippen LogP) is 1.62. The average molecular weight is 374 g/mol. The zero-order valence-electron chi connectivity index (χ0n) is 13.6. The number of fused-ring (bicyclic) bond motifs is 1. The Bertz CT molecular complexity index is 1030. The molecule has 0 saturated heterocycles. The maximum Gasteiger partial charge on any atom is 0.269 e. The summed E-state index contributed by atoms with van der Waals surface area (Å²) in [7, 11) is 0. The molecule has 0 fully saturated rings. The predicted molar refractivity (Wildman–Crippen MR) is 95.4 cm³/mol. The number of non-ortho nitro benzene ring substituents is 1. The summed E-state index contributed by atoms with van der Waals surface area (Å²) in [6.45, 7) is 1.91. The molecule has 0 saturated carbocycles. The molecule has 0 unspecified atom stereocenters. The van der Waals surface area contributed by atoms with E-state index in [4.69, 9.17) is 0 Å². The summed E-state index contributed by atoms with van der Waals surface area (Å²) in [5.41, 5.74) is 0.903. The van der Waals surface area contributed by atoms with Crippen molar-refractivity contribution in [3.63, 3.8) is 0 Å². The van der Waals surface area contributed by atoms with Gasteiger partial charge in [0.05, 0.1) is 10.7 Å². The van der Waals surface area contributed by atoms with Crippen LogP contribution >= 0.6 is 11.8 Å². The fourth-order valence-corrected chi connectivity index (χ4v) is 3.08. The largest absolute Gasteiger partial charge is 0.325 e. The highest BCUT2D eigenvalue weighted by molar-refractivity contribution is 7.99. The number of rotatable bonds is 6. The Morgan fingerprint density at radius 3 is 2.73 bits per heavy atom. The Labute approximate surface area is 150 Å². The van der Waals surface area contributed by atoms with E-state index in [9.17, 15) is 19.7 Å². The summed E-state index contributed by atoms with van der Waals surface area (Å²) in [4.78, 5) is 36.4. The van der Waals surface area contributed by atoms with Crippen molar-refractivity contribution in [1.82, 2.24) is 19.6 Å². The van der Waals surface area contributed by atoms with Gasteiger partial charge in [0.2, 0.25) is 11.7 Å². The van der Waals surface area contributed by atoms with Crippen molar-refractivity contribution in [2.45, 2.75) is 18.5 Å². The number of anilines is 1. The molecule has 0 bridgehead atoms. The SMILES string of the molecule is CCc1cc(=O)[nH]c2nnc(SCC(=O)Nc3ccc([N+](=O)[O-])cc3)n12. The Balaban J connectivity index is 1.69. The van der Waals surface area contributed by atoms with E-state index in [0.29, 0.717) is 23.0 Å². The number of hydrogen-bond acceptors (Lipinski definition) is 7. The van der Waals surface area contributed by atoms with Crippen molar-refractivity contribution in [2.24, 2.45) is 0 Å². The minimum Gasteiger partial charge on any atom is -0.325 e. The van der Waals surface area contributed by atoms with Gasteiger partial charge < -0.3 is 5.32 Å². The van der Waals surface area contributed by atoms with Crippen molar-refractivity contribution in [3.05, 3.63) is 56.5 Å². The number of nitro benzene ring substituents is 1. The highest BCUT2D eigenvalue weighted by Gasteiger charge is 2.13. The molecule has 26 heavy (non-hydrogen) atoms. The van der Waals surface area contributed by atoms with E-state index in [1.54, 1.807) is 4.40 Å². The molecule has 0 aliphatic carbocycles. The number of nitro groups is 1. The first-order chi connectivity index (χ1) is 12.5. The molecule has 2 aromatic heterocycles. The van der Waals surface area contributed by atoms with Crippen LogP contribution in [0.25, 0.3) is 5.78 Å². The number of benzene rings is 1. The first-order valence-corrected chi connectivity index (χ1v) is 8.61. The summed E-state index contributed by atoms with van der Waals surface area (Å²) in [5.74, 6) is 0.107. The summed E-state index contributed by atoms with van der Waals surface area (Å²) < 4.78 is 1.70. The summed E-state index contributed by atoms with van der Waals surface area (Å²) in [6.07, 6.45) is 0.612. The van der Waals surface area contributed by atoms with Gasteiger partial charge in [-0.2, -0.15) is 0 Å². The number of carbonyl (C=O) groups is 1. The smallest absolute Gasteiger partial charge is 0.269 e. The van der Waals surface area contributed by atoms with E-state index in [1.165, 1.54) is 42.1 Å². The van der Waals surface area contributed by atoms with Gasteiger partial charge in [0, 0.05) is 29.6 Å². The first kappa shape index (κ1) is 17.6. The second kappa shape index (κ2) is 7.35. The van der Waals surface area contributed by atoms with Gasteiger partial charge in [-0.3, -0.25) is 29.1 Å². The first-order valence-electron chi connectivity index (χ1n) is 7.62. The number of nitrogens with zero attached hydrogens (tertiary/aromatic N) is 4. The van der Waals surface area contributed by atoms with E-state index in [1.807, 2.05) is 6.92 Å². The summed E-state index contributed by atoms with van der Waals surface area (Å²) in [5, 5.41) is 21.7. The molecular formula is C15H14N6O4S. The highest BCUT2D eigenvalue weighted by atomic mass is 32.2. The standard InChI is InChI=1S/C15H14N6O4S/c1-2-10-7-12(22)17-14-18-19-15(20(10)14)26-8-13(23)16-9-3-5-11(6-4-9)21(24)25/h3-7H,2,8H2,1H3,(H,16,23)(H,17,18,22). The Morgan fingerprint density at radius 2 is 2.08 bits per heavy atom. The number of hydrogen-bond donors (Lipinski definition) is 2. The molecule has 3 rings (SSSR count). The molecule has 0 atom stereocenters. The monoisotopic (exact) mass is 374 g/mol. The second-order valence-electron chi connectivity index (χ2n) is 5.26. The molecule has 0 aliphatic rings. The van der Waals surface area contributed by atoms with Crippen molar-refractivity contribution < 1.29 is 9.72 Å². The molecule has 10 nitrogen and oxygen atoms in total. The van der Waals surface area contributed by atoms with Crippen molar-refractivity contribution in [1.29, 1.82) is 0 Å². The molecule has 11 heteroatoms. The lowest BCUT2D eigenvalue weighted by Crippen LogP contribution is -2.15. The molecule has 0 spiro atoms. The van der Waals surface area contributed by atoms with Crippen molar-refractivity contribution in [3.8, 4) is 0 Å². The normalized spacial score (nSPS) is 10.8. The van der Waals surface area contributed by atoms with Gasteiger partial charge in [-0.15, -0.1) is 10.2 Å². The lowest BCUT2D eigenvalue weighted by molar-refractivity contribution is -0.384. The van der Waals surface area contributed by atoms with Crippen LogP contribution in [0.2, 0.25) is 0 Å². The van der Waals surface area contributed by atoms with Gasteiger partial charge in [0.1, 0.15) is 0 Å². The Morgan fingerprint density at radius 1 is 1.35 bits per heavy atom. The van der Waals surface area contributed by atoms with Gasteiger partial charge in [-0.05, 0) is 18.6 Å². The van der Waals surface area contributed by atoms with Crippen LogP contribution in [0.1, 0.15) is 12.6 Å². The van der Waals surface area contributed by atoms with Crippen LogP contribution in [0, 0.1) is 10.1 Å². The molecule has 0 aliphatic heterocycles. The van der Waals surface area contributed by atoms with E-state index in [-0.39, 0.29) is 22.9 Å². The fourth-order valence-electron chi connectivity index (χ4n) is 2.32. The molecule has 3 aromatic rings. The number of aromatic amines is 1. The van der Waals surface area contributed by atoms with Crippen LogP contribution < -0.4 is 10.9 Å². The highest BCUT2D eigenvalue weighted by Crippen LogP contribution is 2.19. The van der Waals surface area contributed by atoms with Crippen LogP contribution in [0.5, 0.6) is 0 Å². The summed E-state index contributed by atoms with van der Waals surface area (Å²) in [6, 6.07) is 7.04. The second-order valence-corrected chi connectivity index (χ2v) is 6.20.